The van der Waals surface area contributed by atoms with Gasteiger partial charge >= 0.3 is 0 Å². The van der Waals surface area contributed by atoms with E-state index in [2.05, 4.69) is 5.32 Å². The lowest BCUT2D eigenvalue weighted by molar-refractivity contribution is -0.138. The Labute approximate surface area is 174 Å². The van der Waals surface area contributed by atoms with E-state index < -0.39 is 16.8 Å². The predicted molar refractivity (Wildman–Crippen MR) is 110 cm³/mol. The molecular formula is C21H27N3O4S. The van der Waals surface area contributed by atoms with Crippen LogP contribution in [0.15, 0.2) is 24.3 Å². The summed E-state index contributed by atoms with van der Waals surface area (Å²) in [7, 11) is 0. The summed E-state index contributed by atoms with van der Waals surface area (Å²) in [5, 5.41) is 12.1. The molecule has 8 heteroatoms. The molecule has 0 bridgehead atoms. The van der Waals surface area contributed by atoms with Crippen molar-refractivity contribution in [2.45, 2.75) is 61.9 Å². The van der Waals surface area contributed by atoms with Crippen molar-refractivity contribution in [3.8, 4) is 0 Å². The van der Waals surface area contributed by atoms with E-state index in [1.54, 1.807) is 34.6 Å². The number of benzene rings is 1. The Morgan fingerprint density at radius 1 is 1.34 bits per heavy atom. The Bertz CT molecular complexity index is 858. The van der Waals surface area contributed by atoms with Crippen molar-refractivity contribution in [2.24, 2.45) is 0 Å². The molecule has 0 unspecified atom stereocenters. The maximum absolute atomic E-state index is 13.2. The lowest BCUT2D eigenvalue weighted by atomic mass is 10.0. The zero-order valence-corrected chi connectivity index (χ0v) is 17.7. The molecule has 4 atom stereocenters. The highest BCUT2D eigenvalue weighted by Gasteiger charge is 2.57. The van der Waals surface area contributed by atoms with E-state index in [1.165, 1.54) is 0 Å². The van der Waals surface area contributed by atoms with Gasteiger partial charge in [0.15, 0.2) is 0 Å². The fraction of sp³-hybridized carbons (Fsp3) is 0.571. The molecule has 3 amide bonds. The van der Waals surface area contributed by atoms with Gasteiger partial charge in [0.2, 0.25) is 11.8 Å². The van der Waals surface area contributed by atoms with Crippen LogP contribution in [0.2, 0.25) is 0 Å². The van der Waals surface area contributed by atoms with Crippen molar-refractivity contribution < 1.29 is 19.5 Å². The minimum absolute atomic E-state index is 0.0685. The average molecular weight is 418 g/mol. The van der Waals surface area contributed by atoms with E-state index in [1.807, 2.05) is 32.0 Å². The van der Waals surface area contributed by atoms with Gasteiger partial charge in [-0.15, -0.1) is 11.8 Å². The normalized spacial score (nSPS) is 28.3. The van der Waals surface area contributed by atoms with Crippen LogP contribution in [0.4, 0.5) is 0 Å². The molecule has 156 valence electrons. The molecule has 1 aromatic rings. The second kappa shape index (κ2) is 7.32. The molecule has 3 aliphatic rings. The van der Waals surface area contributed by atoms with Gasteiger partial charge in [-0.05, 0) is 45.2 Å². The maximum Gasteiger partial charge on any atom is 0.256 e. The number of aliphatic hydroxyl groups is 1. The summed E-state index contributed by atoms with van der Waals surface area (Å²) in [5.74, 6) is -0.639. The van der Waals surface area contributed by atoms with Gasteiger partial charge in [-0.2, -0.15) is 0 Å². The van der Waals surface area contributed by atoms with Crippen molar-refractivity contribution in [3.05, 3.63) is 35.4 Å². The zero-order chi connectivity index (χ0) is 20.9. The molecule has 3 heterocycles. The van der Waals surface area contributed by atoms with Gasteiger partial charge in [0.25, 0.3) is 5.91 Å². The number of aliphatic hydroxyl groups excluding tert-OH is 1. The SMILES string of the molecule is C[C@H](NC(=O)[C@@H]1N2C(=O)c3ccccc3[C@@H]2SC1(C)C)C(=O)N1CCC[C@H]1CO. The topological polar surface area (TPSA) is 90.0 Å². The summed E-state index contributed by atoms with van der Waals surface area (Å²) in [5.41, 5.74) is 1.59. The van der Waals surface area contributed by atoms with Gasteiger partial charge < -0.3 is 20.2 Å². The molecule has 1 aromatic carbocycles. The van der Waals surface area contributed by atoms with Crippen LogP contribution < -0.4 is 5.32 Å². The first-order valence-electron chi connectivity index (χ1n) is 10.1. The van der Waals surface area contributed by atoms with Gasteiger partial charge in [0, 0.05) is 16.9 Å². The summed E-state index contributed by atoms with van der Waals surface area (Å²) in [6.45, 7) is 6.12. The number of hydrogen-bond donors (Lipinski definition) is 2. The van der Waals surface area contributed by atoms with E-state index in [0.29, 0.717) is 12.1 Å². The second-order valence-corrected chi connectivity index (χ2v) is 10.3. The summed E-state index contributed by atoms with van der Waals surface area (Å²) in [6.07, 6.45) is 1.63. The molecule has 2 N–H and O–H groups in total. The molecule has 2 fully saturated rings. The van der Waals surface area contributed by atoms with Crippen LogP contribution in [0.3, 0.4) is 0 Å². The number of fused-ring (bicyclic) bond motifs is 3. The first-order valence-corrected chi connectivity index (χ1v) is 11.0. The molecule has 0 aromatic heterocycles. The highest BCUT2D eigenvalue weighted by Crippen LogP contribution is 2.56. The molecule has 2 saturated heterocycles. The number of amides is 3. The average Bonchev–Trinajstić information content (AvgIpc) is 3.34. The van der Waals surface area contributed by atoms with E-state index >= 15 is 0 Å². The number of hydrogen-bond acceptors (Lipinski definition) is 5. The monoisotopic (exact) mass is 417 g/mol. The first-order chi connectivity index (χ1) is 13.8. The summed E-state index contributed by atoms with van der Waals surface area (Å²) in [6, 6.07) is 5.92. The zero-order valence-electron chi connectivity index (χ0n) is 16.9. The standard InChI is InChI=1S/C21H27N3O4S/c1-12(18(27)23-10-6-7-13(23)11-25)22-17(26)16-21(2,3)29-20-15-9-5-4-8-14(15)19(28)24(16)20/h4-5,8-9,12-13,16,20,25H,6-7,10-11H2,1-3H3,(H,22,26)/t12-,13-,16-,20-/m0/s1. The molecule has 0 saturated carbocycles. The Hall–Kier alpha value is -2.06. The van der Waals surface area contributed by atoms with Gasteiger partial charge in [-0.3, -0.25) is 14.4 Å². The molecule has 4 rings (SSSR count). The molecule has 3 aliphatic heterocycles. The minimum Gasteiger partial charge on any atom is -0.394 e. The van der Waals surface area contributed by atoms with Gasteiger partial charge in [-0.25, -0.2) is 0 Å². The second-order valence-electron chi connectivity index (χ2n) is 8.52. The Balaban J connectivity index is 1.52. The Morgan fingerprint density at radius 3 is 2.79 bits per heavy atom. The van der Waals surface area contributed by atoms with Gasteiger partial charge in [-0.1, -0.05) is 18.2 Å². The number of nitrogens with one attached hydrogen (secondary N) is 1. The number of carbonyl (C=O) groups is 3. The number of rotatable bonds is 4. The summed E-state index contributed by atoms with van der Waals surface area (Å²) >= 11 is 1.60. The van der Waals surface area contributed by atoms with E-state index in [4.69, 9.17) is 0 Å². The quantitative estimate of drug-likeness (QED) is 0.775. The molecule has 29 heavy (non-hydrogen) atoms. The molecule has 0 radical (unpaired) electrons. The van der Waals surface area contributed by atoms with Crippen molar-refractivity contribution in [1.29, 1.82) is 0 Å². The molecule has 7 nitrogen and oxygen atoms in total. The van der Waals surface area contributed by atoms with Crippen LogP contribution in [0.1, 0.15) is 54.9 Å². The summed E-state index contributed by atoms with van der Waals surface area (Å²) < 4.78 is -0.484. The summed E-state index contributed by atoms with van der Waals surface area (Å²) in [4.78, 5) is 42.4. The van der Waals surface area contributed by atoms with E-state index in [9.17, 15) is 19.5 Å². The fourth-order valence-corrected chi connectivity index (χ4v) is 6.31. The van der Waals surface area contributed by atoms with E-state index in [-0.39, 0.29) is 35.7 Å². The molecule has 0 aliphatic carbocycles. The highest BCUT2D eigenvalue weighted by molar-refractivity contribution is 8.01. The number of nitrogens with zero attached hydrogens (tertiary/aromatic N) is 2. The van der Waals surface area contributed by atoms with Crippen LogP contribution in [0.5, 0.6) is 0 Å². The smallest absolute Gasteiger partial charge is 0.256 e. The van der Waals surface area contributed by atoms with Gasteiger partial charge in [0.1, 0.15) is 17.5 Å². The van der Waals surface area contributed by atoms with Crippen LogP contribution in [-0.2, 0) is 9.59 Å². The largest absolute Gasteiger partial charge is 0.394 e. The van der Waals surface area contributed by atoms with Crippen LogP contribution in [0, 0.1) is 0 Å². The predicted octanol–water partition coefficient (Wildman–Crippen LogP) is 1.52. The number of thioether (sulfide) groups is 1. The third kappa shape index (κ3) is 3.22. The lowest BCUT2D eigenvalue weighted by Gasteiger charge is -2.32. The number of likely N-dealkylation sites (tertiary alicyclic amines) is 1. The van der Waals surface area contributed by atoms with Crippen LogP contribution in [0.25, 0.3) is 0 Å². The third-order valence-electron chi connectivity index (χ3n) is 6.14. The Morgan fingerprint density at radius 2 is 2.07 bits per heavy atom. The highest BCUT2D eigenvalue weighted by atomic mass is 32.2. The maximum atomic E-state index is 13.2. The first kappa shape index (κ1) is 20.2. The van der Waals surface area contributed by atoms with Crippen molar-refractivity contribution in [2.75, 3.05) is 13.2 Å². The van der Waals surface area contributed by atoms with E-state index in [0.717, 1.165) is 18.4 Å². The van der Waals surface area contributed by atoms with Crippen molar-refractivity contribution in [1.82, 2.24) is 15.1 Å². The fourth-order valence-electron chi connectivity index (χ4n) is 4.72. The van der Waals surface area contributed by atoms with Crippen LogP contribution >= 0.6 is 11.8 Å². The minimum atomic E-state index is -0.713. The van der Waals surface area contributed by atoms with Crippen LogP contribution in [-0.4, -0.2) is 68.7 Å². The lowest BCUT2D eigenvalue weighted by Crippen LogP contribution is -2.57. The van der Waals surface area contributed by atoms with Gasteiger partial charge in [0.05, 0.1) is 12.6 Å². The number of carbonyl (C=O) groups excluding carboxylic acids is 3. The van der Waals surface area contributed by atoms with Crippen molar-refractivity contribution in [3.63, 3.8) is 0 Å². The molecular weight excluding hydrogens is 390 g/mol. The molecule has 0 spiro atoms. The Kier molecular flexibility index (Phi) is 5.11. The third-order valence-corrected chi connectivity index (χ3v) is 7.68. The van der Waals surface area contributed by atoms with Crippen molar-refractivity contribution >= 4 is 29.5 Å².